The minimum absolute atomic E-state index is 0.140. The summed E-state index contributed by atoms with van der Waals surface area (Å²) in [4.78, 5) is 12.0. The molecule has 19 heavy (non-hydrogen) atoms. The van der Waals surface area contributed by atoms with Gasteiger partial charge in [0.1, 0.15) is 5.78 Å². The Hall–Kier alpha value is -0.590. The molecule has 0 N–H and O–H groups in total. The summed E-state index contributed by atoms with van der Waals surface area (Å²) < 4.78 is 0. The molecule has 2 aliphatic rings. The fourth-order valence-corrected chi connectivity index (χ4v) is 4.26. The van der Waals surface area contributed by atoms with Gasteiger partial charge in [-0.25, -0.2) is 0 Å². The molecule has 0 aromatic rings. The number of fused-ring (bicyclic) bond motifs is 1. The van der Waals surface area contributed by atoms with Crippen molar-refractivity contribution in [2.45, 2.75) is 67.7 Å². The first-order chi connectivity index (χ1) is 8.51. The van der Waals surface area contributed by atoms with Gasteiger partial charge in [-0.05, 0) is 48.9 Å². The van der Waals surface area contributed by atoms with Crippen LogP contribution in [-0.2, 0) is 4.79 Å². The van der Waals surface area contributed by atoms with Crippen molar-refractivity contribution in [2.24, 2.45) is 28.1 Å². The number of carbonyl (C=O) groups is 1. The summed E-state index contributed by atoms with van der Waals surface area (Å²) in [5, 5.41) is 0. The summed E-state index contributed by atoms with van der Waals surface area (Å²) in [7, 11) is 0. The van der Waals surface area contributed by atoms with E-state index in [1.807, 2.05) is 0 Å². The van der Waals surface area contributed by atoms with Crippen molar-refractivity contribution in [3.8, 4) is 0 Å². The number of hydrogen-bond acceptors (Lipinski definition) is 1. The molecule has 0 aromatic carbocycles. The fraction of sp³-hybridized carbons (Fsp3) is 0.833. The molecule has 0 radical (unpaired) electrons. The van der Waals surface area contributed by atoms with E-state index >= 15 is 0 Å². The van der Waals surface area contributed by atoms with Crippen LogP contribution in [0.25, 0.3) is 0 Å². The topological polar surface area (TPSA) is 17.1 Å². The zero-order chi connectivity index (χ0) is 14.6. The molecule has 3 unspecified atom stereocenters. The van der Waals surface area contributed by atoms with E-state index < -0.39 is 0 Å². The van der Waals surface area contributed by atoms with E-state index in [4.69, 9.17) is 0 Å². The van der Waals surface area contributed by atoms with Crippen LogP contribution in [0.3, 0.4) is 0 Å². The maximum atomic E-state index is 12.0. The Kier molecular flexibility index (Phi) is 3.27. The molecule has 1 heteroatoms. The van der Waals surface area contributed by atoms with Crippen molar-refractivity contribution < 1.29 is 4.79 Å². The second kappa shape index (κ2) is 4.20. The predicted octanol–water partition coefficient (Wildman–Crippen LogP) is 5.01. The zero-order valence-corrected chi connectivity index (χ0v) is 13.8. The van der Waals surface area contributed by atoms with Crippen molar-refractivity contribution in [1.82, 2.24) is 0 Å². The second-order valence-electron chi connectivity index (χ2n) is 8.49. The van der Waals surface area contributed by atoms with E-state index in [0.717, 1.165) is 12.8 Å². The van der Waals surface area contributed by atoms with Crippen molar-refractivity contribution in [2.75, 3.05) is 0 Å². The van der Waals surface area contributed by atoms with Gasteiger partial charge in [0.05, 0.1) is 0 Å². The SMILES string of the molecule is CC(=O)C1(C)CC=C2C(C)CC(C)(C)C(C)(C)C2C1. The standard InChI is InChI=1S/C18H30O/c1-12-10-16(3,4)17(5,6)15-11-18(7,13(2)19)9-8-14(12)15/h8,12,15H,9-11H2,1-7H3. The smallest absolute Gasteiger partial charge is 0.136 e. The van der Waals surface area contributed by atoms with Crippen LogP contribution < -0.4 is 0 Å². The van der Waals surface area contributed by atoms with Crippen molar-refractivity contribution in [3.63, 3.8) is 0 Å². The van der Waals surface area contributed by atoms with Gasteiger partial charge >= 0.3 is 0 Å². The molecule has 108 valence electrons. The normalized spacial score (nSPS) is 40.3. The summed E-state index contributed by atoms with van der Waals surface area (Å²) in [5.74, 6) is 1.59. The molecule has 1 fully saturated rings. The van der Waals surface area contributed by atoms with Gasteiger partial charge in [-0.3, -0.25) is 4.79 Å². The van der Waals surface area contributed by atoms with Crippen LogP contribution in [0.15, 0.2) is 11.6 Å². The summed E-state index contributed by atoms with van der Waals surface area (Å²) in [6.45, 7) is 15.9. The van der Waals surface area contributed by atoms with Crippen LogP contribution in [0.2, 0.25) is 0 Å². The third-order valence-corrected chi connectivity index (χ3v) is 6.70. The molecule has 1 saturated carbocycles. The average molecular weight is 262 g/mol. The van der Waals surface area contributed by atoms with Crippen LogP contribution in [-0.4, -0.2) is 5.78 Å². The highest BCUT2D eigenvalue weighted by molar-refractivity contribution is 5.82. The molecular formula is C18H30O. The molecule has 0 spiro atoms. The molecule has 2 aliphatic carbocycles. The van der Waals surface area contributed by atoms with E-state index in [0.29, 0.717) is 23.0 Å². The molecule has 0 amide bonds. The molecule has 1 nitrogen and oxygen atoms in total. The van der Waals surface area contributed by atoms with Crippen LogP contribution in [0.4, 0.5) is 0 Å². The van der Waals surface area contributed by atoms with Crippen molar-refractivity contribution >= 4 is 5.78 Å². The highest BCUT2D eigenvalue weighted by Crippen LogP contribution is 2.61. The van der Waals surface area contributed by atoms with Gasteiger partial charge in [0.25, 0.3) is 0 Å². The number of allylic oxidation sites excluding steroid dienone is 2. The Morgan fingerprint density at radius 3 is 2.26 bits per heavy atom. The lowest BCUT2D eigenvalue weighted by Crippen LogP contribution is -2.50. The lowest BCUT2D eigenvalue weighted by Gasteiger charge is -2.57. The molecule has 0 saturated heterocycles. The van der Waals surface area contributed by atoms with E-state index in [1.165, 1.54) is 6.42 Å². The van der Waals surface area contributed by atoms with Gasteiger partial charge in [-0.15, -0.1) is 0 Å². The van der Waals surface area contributed by atoms with Crippen LogP contribution in [0.5, 0.6) is 0 Å². The molecule has 0 heterocycles. The average Bonchev–Trinajstić information content (AvgIpc) is 2.26. The maximum Gasteiger partial charge on any atom is 0.136 e. The molecule has 0 aromatic heterocycles. The lowest BCUT2D eigenvalue weighted by molar-refractivity contribution is -0.128. The summed E-state index contributed by atoms with van der Waals surface area (Å²) in [5.41, 5.74) is 2.09. The van der Waals surface area contributed by atoms with Gasteiger partial charge in [0.2, 0.25) is 0 Å². The van der Waals surface area contributed by atoms with E-state index in [2.05, 4.69) is 47.6 Å². The highest BCUT2D eigenvalue weighted by atomic mass is 16.1. The van der Waals surface area contributed by atoms with Crippen LogP contribution in [0, 0.1) is 28.1 Å². The molecule has 2 rings (SSSR count). The third-order valence-electron chi connectivity index (χ3n) is 6.70. The number of ketones is 1. The first-order valence-corrected chi connectivity index (χ1v) is 7.72. The van der Waals surface area contributed by atoms with Crippen LogP contribution in [0.1, 0.15) is 67.7 Å². The second-order valence-corrected chi connectivity index (χ2v) is 8.49. The monoisotopic (exact) mass is 262 g/mol. The maximum absolute atomic E-state index is 12.0. The van der Waals surface area contributed by atoms with E-state index in [1.54, 1.807) is 12.5 Å². The number of Topliss-reactive ketones (excluding diaryl/α,β-unsaturated/α-hetero) is 1. The van der Waals surface area contributed by atoms with E-state index in [9.17, 15) is 4.79 Å². The fourth-order valence-electron chi connectivity index (χ4n) is 4.26. The quantitative estimate of drug-likeness (QED) is 0.607. The number of carbonyl (C=O) groups excluding carboxylic acids is 1. The van der Waals surface area contributed by atoms with Gasteiger partial charge in [-0.1, -0.05) is 53.2 Å². The molecule has 0 aliphatic heterocycles. The van der Waals surface area contributed by atoms with Gasteiger partial charge in [0.15, 0.2) is 0 Å². The van der Waals surface area contributed by atoms with Crippen molar-refractivity contribution in [1.29, 1.82) is 0 Å². The van der Waals surface area contributed by atoms with Gasteiger partial charge < -0.3 is 0 Å². The summed E-state index contributed by atoms with van der Waals surface area (Å²) >= 11 is 0. The minimum atomic E-state index is -0.140. The number of rotatable bonds is 1. The third kappa shape index (κ3) is 2.10. The Bertz CT molecular complexity index is 427. The minimum Gasteiger partial charge on any atom is -0.299 e. The highest BCUT2D eigenvalue weighted by Gasteiger charge is 2.53. The first-order valence-electron chi connectivity index (χ1n) is 7.72. The molecular weight excluding hydrogens is 232 g/mol. The summed E-state index contributed by atoms with van der Waals surface area (Å²) in [6, 6.07) is 0. The van der Waals surface area contributed by atoms with E-state index in [-0.39, 0.29) is 10.8 Å². The first kappa shape index (κ1) is 14.8. The number of hydrogen-bond donors (Lipinski definition) is 0. The van der Waals surface area contributed by atoms with Crippen molar-refractivity contribution in [3.05, 3.63) is 11.6 Å². The Morgan fingerprint density at radius 1 is 1.16 bits per heavy atom. The Morgan fingerprint density at radius 2 is 1.74 bits per heavy atom. The van der Waals surface area contributed by atoms with Gasteiger partial charge in [-0.2, -0.15) is 0 Å². The molecule has 0 bridgehead atoms. The Labute approximate surface area is 118 Å². The molecule has 3 atom stereocenters. The largest absolute Gasteiger partial charge is 0.299 e. The van der Waals surface area contributed by atoms with Crippen LogP contribution >= 0.6 is 0 Å². The van der Waals surface area contributed by atoms with Gasteiger partial charge in [0, 0.05) is 5.41 Å². The lowest BCUT2D eigenvalue weighted by atomic mass is 9.47. The summed E-state index contributed by atoms with van der Waals surface area (Å²) in [6.07, 6.45) is 5.64. The predicted molar refractivity (Wildman–Crippen MR) is 80.9 cm³/mol. The Balaban J connectivity index is 2.45. The zero-order valence-electron chi connectivity index (χ0n) is 13.8.